The summed E-state index contributed by atoms with van der Waals surface area (Å²) in [4.78, 5) is 14.7. The Morgan fingerprint density at radius 1 is 1.00 bits per heavy atom. The Bertz CT molecular complexity index is 1340. The second kappa shape index (κ2) is 10.7. The molecule has 0 bridgehead atoms. The molecule has 0 aromatic heterocycles. The summed E-state index contributed by atoms with van der Waals surface area (Å²) in [5.74, 6) is -0.488. The summed E-state index contributed by atoms with van der Waals surface area (Å²) >= 11 is 0. The van der Waals surface area contributed by atoms with Crippen LogP contribution in [0, 0.1) is 12.7 Å². The molecule has 4 rings (SSSR count). The fourth-order valence-corrected chi connectivity index (χ4v) is 5.88. The van der Waals surface area contributed by atoms with E-state index in [2.05, 4.69) is 0 Å². The van der Waals surface area contributed by atoms with Gasteiger partial charge in [-0.15, -0.1) is 0 Å². The van der Waals surface area contributed by atoms with Crippen LogP contribution in [0.4, 0.5) is 4.39 Å². The lowest BCUT2D eigenvalue weighted by Gasteiger charge is -2.19. The van der Waals surface area contributed by atoms with Crippen molar-refractivity contribution in [1.82, 2.24) is 4.90 Å². The van der Waals surface area contributed by atoms with Crippen LogP contribution in [0.1, 0.15) is 21.5 Å². The van der Waals surface area contributed by atoms with E-state index in [9.17, 15) is 17.6 Å². The molecule has 0 unspecified atom stereocenters. The maximum absolute atomic E-state index is 14.4. The maximum atomic E-state index is 14.4. The van der Waals surface area contributed by atoms with Gasteiger partial charge in [0, 0.05) is 7.11 Å². The quantitative estimate of drug-likeness (QED) is 0.452. The van der Waals surface area contributed by atoms with Gasteiger partial charge in [0.25, 0.3) is 5.91 Å². The van der Waals surface area contributed by atoms with E-state index in [1.807, 2.05) is 0 Å². The van der Waals surface area contributed by atoms with Gasteiger partial charge in [-0.25, -0.2) is 12.8 Å². The first-order valence-electron chi connectivity index (χ1n) is 11.4. The van der Waals surface area contributed by atoms with Crippen molar-refractivity contribution in [3.05, 3.63) is 89.2 Å². The van der Waals surface area contributed by atoms with Crippen molar-refractivity contribution in [1.29, 1.82) is 0 Å². The zero-order valence-electron chi connectivity index (χ0n) is 20.3. The van der Waals surface area contributed by atoms with Gasteiger partial charge in [-0.3, -0.25) is 4.79 Å². The van der Waals surface area contributed by atoms with Crippen LogP contribution in [-0.4, -0.2) is 58.7 Å². The predicted octanol–water partition coefficient (Wildman–Crippen LogP) is 4.04. The highest BCUT2D eigenvalue weighted by molar-refractivity contribution is 7.90. The van der Waals surface area contributed by atoms with Crippen LogP contribution in [0.25, 0.3) is 0 Å². The number of benzene rings is 3. The third kappa shape index (κ3) is 5.37. The molecule has 1 saturated heterocycles. The molecule has 1 heterocycles. The Hall–Kier alpha value is -3.43. The van der Waals surface area contributed by atoms with Crippen LogP contribution in [0.3, 0.4) is 0 Å². The Balaban J connectivity index is 1.50. The highest BCUT2D eigenvalue weighted by Gasteiger charge is 2.38. The average Bonchev–Trinajstić information content (AvgIpc) is 3.26. The van der Waals surface area contributed by atoms with Crippen LogP contribution in [-0.2, 0) is 20.3 Å². The molecule has 0 aliphatic carbocycles. The van der Waals surface area contributed by atoms with Gasteiger partial charge >= 0.3 is 0 Å². The van der Waals surface area contributed by atoms with Crippen LogP contribution < -0.4 is 9.47 Å². The van der Waals surface area contributed by atoms with E-state index < -0.39 is 33.8 Å². The summed E-state index contributed by atoms with van der Waals surface area (Å²) in [6.45, 7) is 2.14. The molecular formula is C27H28FNO6S. The van der Waals surface area contributed by atoms with Crippen LogP contribution in [0.5, 0.6) is 11.5 Å². The van der Waals surface area contributed by atoms with Crippen LogP contribution in [0.15, 0.2) is 71.6 Å². The Morgan fingerprint density at radius 3 is 2.44 bits per heavy atom. The number of carbonyl (C=O) groups excluding carboxylic acids is 1. The zero-order valence-corrected chi connectivity index (χ0v) is 21.1. The number of nitrogens with zero attached hydrogens (tertiary/aromatic N) is 1. The van der Waals surface area contributed by atoms with E-state index >= 15 is 0 Å². The van der Waals surface area contributed by atoms with Gasteiger partial charge < -0.3 is 19.1 Å². The lowest BCUT2D eigenvalue weighted by atomic mass is 10.1. The Morgan fingerprint density at radius 2 is 1.72 bits per heavy atom. The van der Waals surface area contributed by atoms with Crippen LogP contribution in [0.2, 0.25) is 0 Å². The Labute approximate surface area is 210 Å². The lowest BCUT2D eigenvalue weighted by molar-refractivity contribution is 0.0339. The van der Waals surface area contributed by atoms with Crippen molar-refractivity contribution >= 4 is 15.7 Å². The normalized spacial score (nSPS) is 17.7. The molecule has 3 aromatic rings. The minimum Gasteiger partial charge on any atom is -0.495 e. The fraction of sp³-hybridized carbons (Fsp3) is 0.296. The molecule has 3 aromatic carbocycles. The fourth-order valence-electron chi connectivity index (χ4n) is 4.37. The van der Waals surface area contributed by atoms with Crippen molar-refractivity contribution in [2.45, 2.75) is 29.8 Å². The van der Waals surface area contributed by atoms with Crippen molar-refractivity contribution in [3.8, 4) is 11.5 Å². The SMILES string of the molecule is COc1ccccc1S(=O)(=O)Cc1cccc(O[C@@H]2CN(C(=O)c3c(C)cccc3F)C[C@H]2OC)c1. The minimum absolute atomic E-state index is 0.0385. The van der Waals surface area contributed by atoms with E-state index in [0.717, 1.165) is 0 Å². The number of sulfone groups is 1. The predicted molar refractivity (Wildman–Crippen MR) is 133 cm³/mol. The summed E-state index contributed by atoms with van der Waals surface area (Å²) in [6.07, 6.45) is -0.936. The number of halogens is 1. The number of methoxy groups -OCH3 is 2. The standard InChI is InChI=1S/C27H28FNO6S/c1-18-8-6-11-21(28)26(18)27(30)29-15-23(34-3)24(16-29)35-20-10-7-9-19(14-20)17-36(31,32)25-13-5-4-12-22(25)33-2/h4-14,23-24H,15-17H2,1-3H3/t23-,24-/m1/s1. The number of aryl methyl sites for hydroxylation is 1. The number of carbonyl (C=O) groups is 1. The molecule has 1 aliphatic heterocycles. The Kier molecular flexibility index (Phi) is 7.61. The molecule has 0 N–H and O–H groups in total. The number of rotatable bonds is 8. The maximum Gasteiger partial charge on any atom is 0.257 e. The van der Waals surface area contributed by atoms with E-state index in [0.29, 0.717) is 16.9 Å². The van der Waals surface area contributed by atoms with Gasteiger partial charge in [0.15, 0.2) is 9.84 Å². The van der Waals surface area contributed by atoms with Gasteiger partial charge in [0.05, 0.1) is 31.5 Å². The molecule has 1 aliphatic rings. The zero-order chi connectivity index (χ0) is 25.9. The van der Waals surface area contributed by atoms with E-state index in [1.165, 1.54) is 31.3 Å². The molecule has 0 spiro atoms. The highest BCUT2D eigenvalue weighted by atomic mass is 32.2. The summed E-state index contributed by atoms with van der Waals surface area (Å²) in [5.41, 5.74) is 1.14. The molecule has 0 radical (unpaired) electrons. The van der Waals surface area contributed by atoms with E-state index in [4.69, 9.17) is 14.2 Å². The van der Waals surface area contributed by atoms with E-state index in [1.54, 1.807) is 61.5 Å². The van der Waals surface area contributed by atoms with Crippen molar-refractivity contribution in [2.24, 2.45) is 0 Å². The van der Waals surface area contributed by atoms with Gasteiger partial charge in [-0.2, -0.15) is 0 Å². The number of hydrogen-bond donors (Lipinski definition) is 0. The van der Waals surface area contributed by atoms with Gasteiger partial charge in [0.2, 0.25) is 0 Å². The van der Waals surface area contributed by atoms with Gasteiger partial charge in [-0.1, -0.05) is 36.4 Å². The first-order valence-corrected chi connectivity index (χ1v) is 13.1. The van der Waals surface area contributed by atoms with Gasteiger partial charge in [0.1, 0.15) is 34.4 Å². The smallest absolute Gasteiger partial charge is 0.257 e. The molecule has 1 fully saturated rings. The van der Waals surface area contributed by atoms with Crippen molar-refractivity contribution in [3.63, 3.8) is 0 Å². The molecule has 1 amide bonds. The lowest BCUT2D eigenvalue weighted by Crippen LogP contribution is -2.32. The number of hydrogen-bond acceptors (Lipinski definition) is 6. The largest absolute Gasteiger partial charge is 0.495 e. The molecule has 36 heavy (non-hydrogen) atoms. The average molecular weight is 514 g/mol. The van der Waals surface area contributed by atoms with Crippen LogP contribution >= 0.6 is 0 Å². The highest BCUT2D eigenvalue weighted by Crippen LogP contribution is 2.28. The summed E-state index contributed by atoms with van der Waals surface area (Å²) in [5, 5.41) is 0. The monoisotopic (exact) mass is 513 g/mol. The first kappa shape index (κ1) is 25.7. The summed E-state index contributed by atoms with van der Waals surface area (Å²) in [6, 6.07) is 17.8. The number of likely N-dealkylation sites (tertiary alicyclic amines) is 1. The molecular weight excluding hydrogens is 485 g/mol. The summed E-state index contributed by atoms with van der Waals surface area (Å²) in [7, 11) is -0.712. The van der Waals surface area contributed by atoms with Crippen molar-refractivity contribution in [2.75, 3.05) is 27.3 Å². The first-order chi connectivity index (χ1) is 17.2. The molecule has 190 valence electrons. The third-order valence-electron chi connectivity index (χ3n) is 6.19. The topological polar surface area (TPSA) is 82.1 Å². The molecule has 7 nitrogen and oxygen atoms in total. The minimum atomic E-state index is -3.67. The third-order valence-corrected chi connectivity index (χ3v) is 7.91. The van der Waals surface area contributed by atoms with Gasteiger partial charge in [-0.05, 0) is 48.4 Å². The number of ether oxygens (including phenoxy) is 3. The van der Waals surface area contributed by atoms with Crippen molar-refractivity contribution < 1.29 is 31.8 Å². The van der Waals surface area contributed by atoms with E-state index in [-0.39, 0.29) is 35.1 Å². The number of amides is 1. The molecule has 9 heteroatoms. The molecule has 2 atom stereocenters. The molecule has 0 saturated carbocycles. The second-order valence-corrected chi connectivity index (χ2v) is 10.6. The summed E-state index contributed by atoms with van der Waals surface area (Å²) < 4.78 is 57.3. The number of para-hydroxylation sites is 1. The second-order valence-electron chi connectivity index (χ2n) is 8.63.